The summed E-state index contributed by atoms with van der Waals surface area (Å²) in [4.78, 5) is 26.3. The Morgan fingerprint density at radius 2 is 1.67 bits per heavy atom. The molecule has 1 aliphatic carbocycles. The zero-order chi connectivity index (χ0) is 34.2. The number of nitrogens with zero attached hydrogens (tertiary/aromatic N) is 2. The third kappa shape index (κ3) is 10.3. The molecule has 4 atom stereocenters. The second-order valence-electron chi connectivity index (χ2n) is 11.0. The van der Waals surface area contributed by atoms with Crippen molar-refractivity contribution in [3.05, 3.63) is 90.9 Å². The van der Waals surface area contributed by atoms with E-state index in [0.717, 1.165) is 45.7 Å². The van der Waals surface area contributed by atoms with Crippen LogP contribution in [0, 0.1) is 32.0 Å². The smallest absolute Gasteiger partial charge is 0.416 e. The number of hydrogen-bond donors (Lipinski definition) is 4. The van der Waals surface area contributed by atoms with Crippen LogP contribution in [0.4, 0.5) is 23.2 Å². The second-order valence-corrected chi connectivity index (χ2v) is 11.4. The third-order valence-electron chi connectivity index (χ3n) is 8.30. The normalized spacial score (nSPS) is 18.5. The SMILES string of the molecule is CNS.COC1CC(C(=O)Nc2ccc(C(F)(F)F)cc2F)[C@H](C)C(c2ccc(-c3ccc4c(c3)nc(C)n4C)cc2)C1.O=CO.[CH3-].[Cr]. The summed E-state index contributed by atoms with van der Waals surface area (Å²) in [5.74, 6) is -1.24. The zero-order valence-corrected chi connectivity index (χ0v) is 29.7. The summed E-state index contributed by atoms with van der Waals surface area (Å²) in [7, 11) is 5.33. The molecule has 1 amide bonds. The van der Waals surface area contributed by atoms with Crippen molar-refractivity contribution < 1.29 is 54.4 Å². The first-order valence-electron chi connectivity index (χ1n) is 14.4. The summed E-state index contributed by atoms with van der Waals surface area (Å²) in [6, 6.07) is 16.6. The number of benzene rings is 3. The molecular weight excluding hydrogens is 688 g/mol. The van der Waals surface area contributed by atoms with Crippen LogP contribution < -0.4 is 10.0 Å². The van der Waals surface area contributed by atoms with Gasteiger partial charge in [-0.1, -0.05) is 50.1 Å². The van der Waals surface area contributed by atoms with Crippen LogP contribution in [-0.2, 0) is 44.9 Å². The summed E-state index contributed by atoms with van der Waals surface area (Å²) < 4.78 is 63.3. The van der Waals surface area contributed by atoms with Gasteiger partial charge < -0.3 is 27.2 Å². The fourth-order valence-corrected chi connectivity index (χ4v) is 5.79. The number of carbonyl (C=O) groups excluding carboxylic acids is 1. The third-order valence-corrected chi connectivity index (χ3v) is 8.30. The van der Waals surface area contributed by atoms with Crippen molar-refractivity contribution in [2.24, 2.45) is 18.9 Å². The maximum atomic E-state index is 14.4. The molecule has 1 aliphatic rings. The molecule has 0 aliphatic heterocycles. The van der Waals surface area contributed by atoms with Crippen molar-refractivity contribution in [2.75, 3.05) is 19.5 Å². The molecule has 3 unspecified atom stereocenters. The van der Waals surface area contributed by atoms with Gasteiger partial charge >= 0.3 is 6.18 Å². The van der Waals surface area contributed by atoms with E-state index in [4.69, 9.17) is 14.6 Å². The summed E-state index contributed by atoms with van der Waals surface area (Å²) in [5, 5.41) is 9.40. The van der Waals surface area contributed by atoms with Gasteiger partial charge in [-0.05, 0) is 85.7 Å². The van der Waals surface area contributed by atoms with Gasteiger partial charge in [0.1, 0.15) is 11.6 Å². The van der Waals surface area contributed by atoms with E-state index in [9.17, 15) is 22.4 Å². The van der Waals surface area contributed by atoms with Crippen LogP contribution in [-0.4, -0.2) is 47.3 Å². The number of aryl methyl sites for hydroxylation is 2. The number of amides is 1. The van der Waals surface area contributed by atoms with E-state index in [-0.39, 0.29) is 54.9 Å². The van der Waals surface area contributed by atoms with Gasteiger partial charge in [-0.25, -0.2) is 9.37 Å². The van der Waals surface area contributed by atoms with Gasteiger partial charge in [-0.15, -0.1) is 0 Å². The number of halogens is 4. The molecule has 14 heteroatoms. The van der Waals surface area contributed by atoms with Crippen molar-refractivity contribution in [2.45, 2.75) is 44.9 Å². The molecule has 3 N–H and O–H groups in total. The van der Waals surface area contributed by atoms with Crippen molar-refractivity contribution in [1.29, 1.82) is 0 Å². The van der Waals surface area contributed by atoms with Gasteiger partial charge in [0.2, 0.25) is 5.91 Å². The fraction of sp³-hybridized carbons (Fsp3) is 0.353. The summed E-state index contributed by atoms with van der Waals surface area (Å²) in [6.45, 7) is 3.70. The summed E-state index contributed by atoms with van der Waals surface area (Å²) in [6.07, 6.45) is -3.71. The molecule has 5 rings (SSSR count). The standard InChI is InChI=1S/C31H31F4N3O2.CH5NS.CH2O2.CH3.Cr/c1-17-24(20-7-5-19(6-8-20)21-9-12-29-28(13-21)36-18(2)38(29)3)15-23(40-4)16-25(17)30(39)37-27-11-10-22(14-26(27)32)31(33,34)35;1-2-3;2-1-3;;/h5-14,17,23-25H,15-16H2,1-4H3,(H,37,39);2-3H,1H3;1H,(H,2,3);1H3;/q;;;-1;/t17-,23?,24?,25?;;;;/m1..../s1. The number of aromatic nitrogens is 2. The predicted octanol–water partition coefficient (Wildman–Crippen LogP) is 7.69. The number of fused-ring (bicyclic) bond motifs is 1. The quantitative estimate of drug-likeness (QED) is 0.0727. The van der Waals surface area contributed by atoms with E-state index in [1.54, 1.807) is 14.2 Å². The Labute approximate surface area is 295 Å². The van der Waals surface area contributed by atoms with Crippen LogP contribution in [0.5, 0.6) is 0 Å². The van der Waals surface area contributed by atoms with Gasteiger partial charge in [0.15, 0.2) is 0 Å². The Kier molecular flexibility index (Phi) is 16.8. The Balaban J connectivity index is 0.00000134. The van der Waals surface area contributed by atoms with E-state index in [2.05, 4.69) is 74.9 Å². The molecule has 1 fully saturated rings. The van der Waals surface area contributed by atoms with Crippen molar-refractivity contribution in [3.63, 3.8) is 0 Å². The van der Waals surface area contributed by atoms with Crippen LogP contribution in [0.15, 0.2) is 60.7 Å². The Morgan fingerprint density at radius 1 is 1.08 bits per heavy atom. The van der Waals surface area contributed by atoms with E-state index >= 15 is 0 Å². The molecule has 48 heavy (non-hydrogen) atoms. The largest absolute Gasteiger partial charge is 0.483 e. The number of thiol groups is 1. The van der Waals surface area contributed by atoms with Gasteiger partial charge in [0.05, 0.1) is 28.4 Å². The molecule has 8 nitrogen and oxygen atoms in total. The maximum absolute atomic E-state index is 14.4. The van der Waals surface area contributed by atoms with Gasteiger partial charge in [0.25, 0.3) is 6.47 Å². The molecule has 262 valence electrons. The van der Waals surface area contributed by atoms with Gasteiger partial charge in [0, 0.05) is 37.4 Å². The van der Waals surface area contributed by atoms with Crippen molar-refractivity contribution >= 4 is 41.9 Å². The number of imidazole rings is 1. The predicted molar refractivity (Wildman–Crippen MR) is 179 cm³/mol. The molecule has 0 radical (unpaired) electrons. The van der Waals surface area contributed by atoms with E-state index in [0.29, 0.717) is 18.9 Å². The molecule has 1 saturated carbocycles. The maximum Gasteiger partial charge on any atom is 0.416 e. The first-order valence-corrected chi connectivity index (χ1v) is 14.9. The van der Waals surface area contributed by atoms with E-state index in [1.165, 1.54) is 0 Å². The Hall–Kier alpha value is -3.41. The molecular formula is C34H41CrF4N4O4S-. The molecule has 0 saturated heterocycles. The van der Waals surface area contributed by atoms with Gasteiger partial charge in [-0.2, -0.15) is 13.2 Å². The van der Waals surface area contributed by atoms with Crippen LogP contribution in [0.2, 0.25) is 0 Å². The number of carboxylic acid groups (broad SMARTS) is 1. The fourth-order valence-electron chi connectivity index (χ4n) is 5.79. The number of ether oxygens (including phenoxy) is 1. The minimum atomic E-state index is -4.67. The number of hydrogen-bond acceptors (Lipinski definition) is 6. The number of alkyl halides is 3. The molecule has 1 aromatic heterocycles. The second kappa shape index (κ2) is 19.0. The van der Waals surface area contributed by atoms with Crippen molar-refractivity contribution in [1.82, 2.24) is 14.3 Å². The molecule has 0 spiro atoms. The summed E-state index contributed by atoms with van der Waals surface area (Å²) >= 11 is 3.54. The van der Waals surface area contributed by atoms with Crippen LogP contribution in [0.1, 0.15) is 42.6 Å². The van der Waals surface area contributed by atoms with Crippen LogP contribution in [0.25, 0.3) is 22.2 Å². The first kappa shape index (κ1) is 42.6. The number of nitrogens with one attached hydrogen (secondary N) is 2. The molecule has 4 aromatic rings. The average Bonchev–Trinajstić information content (AvgIpc) is 3.30. The molecule has 3 aromatic carbocycles. The molecule has 1 heterocycles. The van der Waals surface area contributed by atoms with Crippen molar-refractivity contribution in [3.8, 4) is 11.1 Å². The number of methoxy groups -OCH3 is 1. The zero-order valence-electron chi connectivity index (χ0n) is 27.5. The van der Waals surface area contributed by atoms with E-state index in [1.807, 2.05) is 20.9 Å². The number of carbonyl (C=O) groups is 2. The Morgan fingerprint density at radius 3 is 2.21 bits per heavy atom. The Bertz CT molecular complexity index is 1640. The minimum Gasteiger partial charge on any atom is -0.483 e. The average molecular weight is 730 g/mol. The van der Waals surface area contributed by atoms with E-state index < -0.39 is 29.4 Å². The first-order chi connectivity index (χ1) is 21.8. The number of anilines is 1. The monoisotopic (exact) mass is 729 g/mol. The molecule has 0 bridgehead atoms. The summed E-state index contributed by atoms with van der Waals surface area (Å²) in [5.41, 5.74) is 3.79. The van der Waals surface area contributed by atoms with Crippen LogP contribution in [0.3, 0.4) is 0 Å². The topological polar surface area (TPSA) is 105 Å². The number of rotatable bonds is 5. The van der Waals surface area contributed by atoms with Gasteiger partial charge in [-0.3, -0.25) is 14.3 Å². The minimum absolute atomic E-state index is 0. The van der Waals surface area contributed by atoms with Crippen LogP contribution >= 0.6 is 12.8 Å².